The second-order valence-electron chi connectivity index (χ2n) is 4.92. The van der Waals surface area contributed by atoms with Crippen LogP contribution >= 0.6 is 15.9 Å². The lowest BCUT2D eigenvalue weighted by atomic mass is 10.1. The number of ether oxygens (including phenoxy) is 1. The van der Waals surface area contributed by atoms with Crippen molar-refractivity contribution < 1.29 is 17.9 Å². The average molecular weight is 376 g/mol. The zero-order valence-electron chi connectivity index (χ0n) is 11.5. The third-order valence-corrected chi connectivity index (χ3v) is 4.01. The molecule has 0 atom stereocenters. The summed E-state index contributed by atoms with van der Waals surface area (Å²) < 4.78 is 42.0. The van der Waals surface area contributed by atoms with Crippen LogP contribution in [0.2, 0.25) is 0 Å². The Hall–Kier alpha value is -1.54. The number of pyridine rings is 1. The van der Waals surface area contributed by atoms with Gasteiger partial charge in [-0.3, -0.25) is 4.98 Å². The summed E-state index contributed by atoms with van der Waals surface area (Å²) >= 11 is 3.45. The van der Waals surface area contributed by atoms with E-state index in [1.54, 1.807) is 6.20 Å². The highest BCUT2D eigenvalue weighted by molar-refractivity contribution is 9.10. The van der Waals surface area contributed by atoms with E-state index in [0.717, 1.165) is 36.3 Å². The van der Waals surface area contributed by atoms with Crippen LogP contribution in [0.4, 0.5) is 18.9 Å². The Labute approximate surface area is 133 Å². The maximum Gasteiger partial charge on any atom is 0.573 e. The van der Waals surface area contributed by atoms with Crippen LogP contribution in [0.15, 0.2) is 28.9 Å². The lowest BCUT2D eigenvalue weighted by Gasteiger charge is -2.31. The zero-order valence-corrected chi connectivity index (χ0v) is 13.0. The Bertz CT molecular complexity index is 687. The first kappa shape index (κ1) is 15.4. The minimum atomic E-state index is -4.71. The predicted molar refractivity (Wildman–Crippen MR) is 81.2 cm³/mol. The van der Waals surface area contributed by atoms with Crippen molar-refractivity contribution in [2.24, 2.45) is 0 Å². The molecule has 1 aliphatic heterocycles. The molecule has 8 heteroatoms. The Morgan fingerprint density at radius 1 is 1.23 bits per heavy atom. The Morgan fingerprint density at radius 3 is 2.64 bits per heavy atom. The molecule has 3 rings (SSSR count). The van der Waals surface area contributed by atoms with Gasteiger partial charge in [0.2, 0.25) is 0 Å². The lowest BCUT2D eigenvalue weighted by molar-refractivity contribution is -0.274. The standard InChI is InChI=1S/C14H13BrF3N3O/c15-11-8-20-12-2-1-9(22-14(16,17)18)7-10(12)13(11)21-5-3-19-4-6-21/h1-2,7-8,19H,3-6H2. The molecular weight excluding hydrogens is 363 g/mol. The quantitative estimate of drug-likeness (QED) is 0.873. The number of nitrogens with one attached hydrogen (secondary N) is 1. The van der Waals surface area contributed by atoms with E-state index in [2.05, 4.69) is 35.9 Å². The number of aromatic nitrogens is 1. The van der Waals surface area contributed by atoms with Crippen LogP contribution in [-0.4, -0.2) is 37.5 Å². The maximum atomic E-state index is 12.4. The van der Waals surface area contributed by atoms with Crippen molar-refractivity contribution in [1.29, 1.82) is 0 Å². The molecule has 1 N–H and O–H groups in total. The van der Waals surface area contributed by atoms with Gasteiger partial charge in [-0.2, -0.15) is 0 Å². The minimum Gasteiger partial charge on any atom is -0.406 e. The van der Waals surface area contributed by atoms with Gasteiger partial charge in [-0.25, -0.2) is 0 Å². The molecule has 0 unspecified atom stereocenters. The van der Waals surface area contributed by atoms with Crippen molar-refractivity contribution in [2.75, 3.05) is 31.1 Å². The van der Waals surface area contributed by atoms with Gasteiger partial charge in [0.15, 0.2) is 0 Å². The molecule has 2 heterocycles. The summed E-state index contributed by atoms with van der Waals surface area (Å²) in [7, 11) is 0. The summed E-state index contributed by atoms with van der Waals surface area (Å²) in [6.45, 7) is 3.22. The van der Waals surface area contributed by atoms with Crippen LogP contribution < -0.4 is 15.0 Å². The van der Waals surface area contributed by atoms with Crippen molar-refractivity contribution in [3.63, 3.8) is 0 Å². The molecule has 0 spiro atoms. The van der Waals surface area contributed by atoms with Gasteiger partial charge in [-0.05, 0) is 34.1 Å². The monoisotopic (exact) mass is 375 g/mol. The third-order valence-electron chi connectivity index (χ3n) is 3.43. The van der Waals surface area contributed by atoms with Crippen molar-refractivity contribution in [2.45, 2.75) is 6.36 Å². The second-order valence-corrected chi connectivity index (χ2v) is 5.77. The van der Waals surface area contributed by atoms with Gasteiger partial charge in [-0.1, -0.05) is 0 Å². The summed E-state index contributed by atoms with van der Waals surface area (Å²) in [5, 5.41) is 3.89. The molecule has 22 heavy (non-hydrogen) atoms. The van der Waals surface area contributed by atoms with Gasteiger partial charge in [0.25, 0.3) is 0 Å². The van der Waals surface area contributed by atoms with Crippen molar-refractivity contribution in [3.8, 4) is 5.75 Å². The van der Waals surface area contributed by atoms with Gasteiger partial charge in [-0.15, -0.1) is 13.2 Å². The summed E-state index contributed by atoms with van der Waals surface area (Å²) in [4.78, 5) is 6.37. The first-order valence-electron chi connectivity index (χ1n) is 6.74. The largest absolute Gasteiger partial charge is 0.573 e. The number of alkyl halides is 3. The molecule has 0 bridgehead atoms. The number of halogens is 4. The SMILES string of the molecule is FC(F)(F)Oc1ccc2ncc(Br)c(N3CCNCC3)c2c1. The fourth-order valence-corrected chi connectivity index (χ4v) is 3.11. The molecule has 4 nitrogen and oxygen atoms in total. The van der Waals surface area contributed by atoms with E-state index < -0.39 is 6.36 Å². The van der Waals surface area contributed by atoms with Crippen molar-refractivity contribution in [3.05, 3.63) is 28.9 Å². The van der Waals surface area contributed by atoms with Crippen LogP contribution in [0.3, 0.4) is 0 Å². The van der Waals surface area contributed by atoms with Crippen LogP contribution in [0.25, 0.3) is 10.9 Å². The number of hydrogen-bond acceptors (Lipinski definition) is 4. The maximum absolute atomic E-state index is 12.4. The number of piperazine rings is 1. The summed E-state index contributed by atoms with van der Waals surface area (Å²) in [5.41, 5.74) is 1.48. The molecule has 1 fully saturated rings. The highest BCUT2D eigenvalue weighted by Gasteiger charge is 2.31. The van der Waals surface area contributed by atoms with E-state index in [9.17, 15) is 13.2 Å². The zero-order chi connectivity index (χ0) is 15.7. The molecule has 0 aliphatic carbocycles. The first-order valence-corrected chi connectivity index (χ1v) is 7.53. The van der Waals surface area contributed by atoms with Crippen molar-refractivity contribution >= 4 is 32.5 Å². The number of hydrogen-bond donors (Lipinski definition) is 1. The molecule has 1 aliphatic rings. The summed E-state index contributed by atoms with van der Waals surface area (Å²) in [6, 6.07) is 4.20. The summed E-state index contributed by atoms with van der Waals surface area (Å²) in [6.07, 6.45) is -3.04. The van der Waals surface area contributed by atoms with Gasteiger partial charge in [0.1, 0.15) is 5.75 Å². The van der Waals surface area contributed by atoms with E-state index >= 15 is 0 Å². The van der Waals surface area contributed by atoms with Gasteiger partial charge >= 0.3 is 6.36 Å². The van der Waals surface area contributed by atoms with Gasteiger partial charge < -0.3 is 15.0 Å². The van der Waals surface area contributed by atoms with Crippen LogP contribution in [0.1, 0.15) is 0 Å². The molecule has 2 aromatic rings. The molecule has 1 aromatic carbocycles. The van der Waals surface area contributed by atoms with E-state index in [0.29, 0.717) is 10.9 Å². The molecule has 118 valence electrons. The van der Waals surface area contributed by atoms with E-state index in [1.165, 1.54) is 18.2 Å². The topological polar surface area (TPSA) is 37.4 Å². The summed E-state index contributed by atoms with van der Waals surface area (Å²) in [5.74, 6) is -0.240. The highest BCUT2D eigenvalue weighted by Crippen LogP contribution is 2.36. The van der Waals surface area contributed by atoms with Gasteiger partial charge in [0.05, 0.1) is 15.7 Å². The number of anilines is 1. The molecule has 0 saturated carbocycles. The van der Waals surface area contributed by atoms with Crippen molar-refractivity contribution in [1.82, 2.24) is 10.3 Å². The Balaban J connectivity index is 2.08. The number of nitrogens with zero attached hydrogens (tertiary/aromatic N) is 2. The van der Waals surface area contributed by atoms with Gasteiger partial charge in [0, 0.05) is 37.8 Å². The van der Waals surface area contributed by atoms with E-state index in [1.807, 2.05) is 0 Å². The fraction of sp³-hybridized carbons (Fsp3) is 0.357. The van der Waals surface area contributed by atoms with Crippen LogP contribution in [-0.2, 0) is 0 Å². The Kier molecular flexibility index (Phi) is 4.14. The van der Waals surface area contributed by atoms with Crippen LogP contribution in [0.5, 0.6) is 5.75 Å². The number of rotatable bonds is 2. The smallest absolute Gasteiger partial charge is 0.406 e. The highest BCUT2D eigenvalue weighted by atomic mass is 79.9. The Morgan fingerprint density at radius 2 is 1.95 bits per heavy atom. The minimum absolute atomic E-state index is 0.240. The van der Waals surface area contributed by atoms with E-state index in [-0.39, 0.29) is 5.75 Å². The molecule has 1 aromatic heterocycles. The van der Waals surface area contributed by atoms with E-state index in [4.69, 9.17) is 0 Å². The average Bonchev–Trinajstić information content (AvgIpc) is 2.46. The third kappa shape index (κ3) is 3.27. The number of fused-ring (bicyclic) bond motifs is 1. The predicted octanol–water partition coefficient (Wildman–Crippen LogP) is 3.31. The second kappa shape index (κ2) is 5.92. The lowest BCUT2D eigenvalue weighted by Crippen LogP contribution is -2.43. The molecule has 0 amide bonds. The van der Waals surface area contributed by atoms with Crippen LogP contribution in [0, 0.1) is 0 Å². The number of benzene rings is 1. The first-order chi connectivity index (χ1) is 10.4. The molecular formula is C14H13BrF3N3O. The fourth-order valence-electron chi connectivity index (χ4n) is 2.54. The molecule has 0 radical (unpaired) electrons. The normalized spacial score (nSPS) is 16.1. The molecule has 1 saturated heterocycles.